The minimum absolute atomic E-state index is 0.343. The van der Waals surface area contributed by atoms with Gasteiger partial charge in [-0.05, 0) is 103 Å². The van der Waals surface area contributed by atoms with E-state index in [2.05, 4.69) is 50.2 Å². The molecular weight excluding hydrogens is 554 g/mol. The van der Waals surface area contributed by atoms with Crippen molar-refractivity contribution in [1.29, 1.82) is 0 Å². The van der Waals surface area contributed by atoms with Gasteiger partial charge in [0.05, 0.1) is 6.26 Å². The number of hydrogen-bond acceptors (Lipinski definition) is 2. The van der Waals surface area contributed by atoms with Gasteiger partial charge in [-0.15, -0.1) is 0 Å². The van der Waals surface area contributed by atoms with Crippen LogP contribution in [-0.4, -0.2) is 20.0 Å². The average molecular weight is 568 g/mol. The van der Waals surface area contributed by atoms with Crippen LogP contribution in [0.25, 0.3) is 12.2 Å². The lowest BCUT2D eigenvalue weighted by Gasteiger charge is -1.96. The molecule has 0 aliphatic carbocycles. The van der Waals surface area contributed by atoms with Crippen molar-refractivity contribution < 1.29 is 8.76 Å². The summed E-state index contributed by atoms with van der Waals surface area (Å²) in [5, 5.41) is 4.20. The van der Waals surface area contributed by atoms with Crippen LogP contribution < -0.4 is 0 Å². The first-order chi connectivity index (χ1) is 11.0. The van der Waals surface area contributed by atoms with E-state index in [0.717, 1.165) is 11.1 Å². The van der Waals surface area contributed by atoms with E-state index in [4.69, 9.17) is 0 Å². The van der Waals surface area contributed by atoms with Crippen molar-refractivity contribution in [1.82, 2.24) is 0 Å². The smallest absolute Gasteiger partial charge is 0.142 e. The molecule has 0 aliphatic rings. The maximum atomic E-state index is 10.7. The summed E-state index contributed by atoms with van der Waals surface area (Å²) in [6.07, 6.45) is 5.20. The summed E-state index contributed by atoms with van der Waals surface area (Å²) in [5.74, 6) is 0. The third-order valence-electron chi connectivity index (χ3n) is 2.47. The summed E-state index contributed by atoms with van der Waals surface area (Å²) in [5.41, 5.74) is 2.10. The van der Waals surface area contributed by atoms with Crippen LogP contribution >= 0.6 is 45.2 Å². The van der Waals surface area contributed by atoms with E-state index in [1.54, 1.807) is 17.7 Å². The summed E-state index contributed by atoms with van der Waals surface area (Å²) >= 11 is 3.98. The molecular formula is C17H14I2O2S2. The molecule has 23 heavy (non-hydrogen) atoms. The van der Waals surface area contributed by atoms with Crippen LogP contribution in [0.3, 0.4) is 0 Å². The molecule has 1 unspecified atom stereocenters. The van der Waals surface area contributed by atoms with Crippen molar-refractivity contribution >= 4 is 84.8 Å². The lowest BCUT2D eigenvalue weighted by atomic mass is 10.2. The standard InChI is InChI=1S/C9H9IOS.C8H5IOS/c1-12(11)7-6-8-2-4-9(10)5-3-8;9-8-3-1-7(2-4-8)5-6-11-10/h2-7H,1H3;1-5H. The van der Waals surface area contributed by atoms with Crippen LogP contribution in [-0.2, 0) is 22.4 Å². The molecule has 0 spiro atoms. The fraction of sp³-hybridized carbons (Fsp3) is 0.0588. The predicted octanol–water partition coefficient (Wildman–Crippen LogP) is 4.56. The summed E-state index contributed by atoms with van der Waals surface area (Å²) in [6.45, 7) is 0. The van der Waals surface area contributed by atoms with Gasteiger partial charge >= 0.3 is 0 Å². The van der Waals surface area contributed by atoms with E-state index in [0.29, 0.717) is 11.3 Å². The van der Waals surface area contributed by atoms with Crippen molar-refractivity contribution in [3.8, 4) is 0 Å². The van der Waals surface area contributed by atoms with Gasteiger partial charge in [0.15, 0.2) is 0 Å². The zero-order valence-electron chi connectivity index (χ0n) is 12.2. The van der Waals surface area contributed by atoms with Crippen molar-refractivity contribution in [2.75, 3.05) is 6.26 Å². The highest BCUT2D eigenvalue weighted by Gasteiger charge is 1.90. The molecule has 120 valence electrons. The first kappa shape index (κ1) is 20.7. The zero-order valence-corrected chi connectivity index (χ0v) is 18.2. The molecule has 0 saturated carbocycles. The molecule has 2 nitrogen and oxygen atoms in total. The van der Waals surface area contributed by atoms with Crippen LogP contribution in [0.4, 0.5) is 0 Å². The van der Waals surface area contributed by atoms with Crippen LogP contribution in [0, 0.1) is 7.14 Å². The van der Waals surface area contributed by atoms with Gasteiger partial charge in [0.1, 0.15) is 16.7 Å². The van der Waals surface area contributed by atoms with E-state index in [1.807, 2.05) is 54.6 Å². The number of rotatable bonds is 3. The van der Waals surface area contributed by atoms with Gasteiger partial charge in [-0.25, -0.2) is 4.21 Å². The maximum absolute atomic E-state index is 10.7. The van der Waals surface area contributed by atoms with Crippen LogP contribution in [0.2, 0.25) is 0 Å². The number of benzene rings is 2. The highest BCUT2D eigenvalue weighted by molar-refractivity contribution is 14.1. The molecule has 2 aromatic carbocycles. The second-order valence-corrected chi connectivity index (χ2v) is 8.41. The van der Waals surface area contributed by atoms with Crippen LogP contribution in [0.5, 0.6) is 0 Å². The monoisotopic (exact) mass is 568 g/mol. The largest absolute Gasteiger partial charge is 0.612 e. The molecule has 0 bridgehead atoms. The van der Waals surface area contributed by atoms with Gasteiger partial charge in [-0.3, -0.25) is 0 Å². The Labute approximate surface area is 170 Å². The van der Waals surface area contributed by atoms with Gasteiger partial charge < -0.3 is 4.55 Å². The summed E-state index contributed by atoms with van der Waals surface area (Å²) in [4.78, 5) is 0. The topological polar surface area (TPSA) is 40.1 Å². The summed E-state index contributed by atoms with van der Waals surface area (Å²) in [6, 6.07) is 15.9. The Bertz CT molecular complexity index is 713. The van der Waals surface area contributed by atoms with E-state index in [9.17, 15) is 8.76 Å². The molecule has 0 radical (unpaired) electrons. The molecule has 0 saturated heterocycles. The minimum Gasteiger partial charge on any atom is -0.612 e. The maximum Gasteiger partial charge on any atom is 0.142 e. The fourth-order valence-corrected chi connectivity index (χ4v) is 2.65. The molecule has 6 heteroatoms. The lowest BCUT2D eigenvalue weighted by Crippen LogP contribution is -1.87. The Morgan fingerprint density at radius 1 is 1.00 bits per heavy atom. The summed E-state index contributed by atoms with van der Waals surface area (Å²) < 4.78 is 23.0. The zero-order chi connectivity index (χ0) is 17.1. The highest BCUT2D eigenvalue weighted by Crippen LogP contribution is 2.08. The van der Waals surface area contributed by atoms with E-state index in [1.165, 1.54) is 7.14 Å². The Morgan fingerprint density at radius 2 is 1.48 bits per heavy atom. The normalized spacial score (nSPS) is 11.1. The van der Waals surface area contributed by atoms with Crippen molar-refractivity contribution in [2.45, 2.75) is 0 Å². The van der Waals surface area contributed by atoms with Gasteiger partial charge in [-0.1, -0.05) is 24.3 Å². The Kier molecular flexibility index (Phi) is 10.8. The van der Waals surface area contributed by atoms with E-state index < -0.39 is 11.2 Å². The highest BCUT2D eigenvalue weighted by atomic mass is 127. The molecule has 1 atom stereocenters. The molecule has 0 fully saturated rings. The van der Waals surface area contributed by atoms with E-state index >= 15 is 0 Å². The van der Waals surface area contributed by atoms with Crippen molar-refractivity contribution in [2.24, 2.45) is 0 Å². The molecule has 2 aromatic rings. The Balaban J connectivity index is 0.000000231. The van der Waals surface area contributed by atoms with Gasteiger partial charge in [0.25, 0.3) is 0 Å². The molecule has 0 aliphatic heterocycles. The van der Waals surface area contributed by atoms with Crippen LogP contribution in [0.1, 0.15) is 11.1 Å². The second-order valence-electron chi connectivity index (χ2n) is 4.25. The molecule has 0 heterocycles. The van der Waals surface area contributed by atoms with Gasteiger partial charge in [-0.2, -0.15) is 0 Å². The molecule has 0 amide bonds. The fourth-order valence-electron chi connectivity index (χ4n) is 1.40. The third kappa shape index (κ3) is 10.2. The predicted molar refractivity (Wildman–Crippen MR) is 119 cm³/mol. The first-order valence-electron chi connectivity index (χ1n) is 6.40. The molecule has 2 rings (SSSR count). The Hall–Kier alpha value is -0.380. The van der Waals surface area contributed by atoms with Crippen molar-refractivity contribution in [3.05, 3.63) is 72.2 Å². The second kappa shape index (κ2) is 12.0. The van der Waals surface area contributed by atoms with Gasteiger partial charge in [0, 0.05) is 13.2 Å². The van der Waals surface area contributed by atoms with Crippen molar-refractivity contribution in [3.63, 3.8) is 0 Å². The third-order valence-corrected chi connectivity index (χ3v) is 4.64. The van der Waals surface area contributed by atoms with E-state index in [-0.39, 0.29) is 0 Å². The SMILES string of the molecule is C[S+]([O-])C=Cc1ccc(I)cc1.O=S=C=Cc1ccc(I)cc1. The lowest BCUT2D eigenvalue weighted by molar-refractivity contribution is 0.609. The quantitative estimate of drug-likeness (QED) is 0.310. The van der Waals surface area contributed by atoms with Gasteiger partial charge in [0.2, 0.25) is 0 Å². The first-order valence-corrected chi connectivity index (χ1v) is 10.9. The Morgan fingerprint density at radius 3 is 1.91 bits per heavy atom. The molecule has 0 N–H and O–H groups in total. The minimum atomic E-state index is -0.854. The summed E-state index contributed by atoms with van der Waals surface area (Å²) in [7, 11) is 0. The number of halogens is 2. The van der Waals surface area contributed by atoms with Crippen LogP contribution in [0.15, 0.2) is 53.9 Å². The average Bonchev–Trinajstić information content (AvgIpc) is 2.54. The number of hydrogen-bond donors (Lipinski definition) is 0. The molecule has 0 aromatic heterocycles.